The average Bonchev–Trinajstić information content (AvgIpc) is 2.99. The van der Waals surface area contributed by atoms with Crippen molar-refractivity contribution in [3.8, 4) is 0 Å². The molecular formula is C13H16NO4-. The van der Waals surface area contributed by atoms with Crippen molar-refractivity contribution in [1.29, 1.82) is 0 Å². The van der Waals surface area contributed by atoms with Gasteiger partial charge in [0.15, 0.2) is 0 Å². The zero-order chi connectivity index (χ0) is 12.7. The highest BCUT2D eigenvalue weighted by Gasteiger charge is 2.49. The number of ether oxygens (including phenoxy) is 1. The smallest absolute Gasteiger partial charge is 0.227 e. The van der Waals surface area contributed by atoms with Crippen molar-refractivity contribution in [3.05, 3.63) is 12.2 Å². The fourth-order valence-electron chi connectivity index (χ4n) is 3.47. The Balaban J connectivity index is 1.79. The Bertz CT molecular complexity index is 400. The van der Waals surface area contributed by atoms with Gasteiger partial charge < -0.3 is 19.5 Å². The van der Waals surface area contributed by atoms with Crippen LogP contribution in [0.4, 0.5) is 0 Å². The topological polar surface area (TPSA) is 69.7 Å². The van der Waals surface area contributed by atoms with E-state index in [1.807, 2.05) is 12.2 Å². The summed E-state index contributed by atoms with van der Waals surface area (Å²) < 4.78 is 5.21. The van der Waals surface area contributed by atoms with Crippen LogP contribution < -0.4 is 5.11 Å². The molecule has 0 unspecified atom stereocenters. The summed E-state index contributed by atoms with van der Waals surface area (Å²) in [6, 6.07) is 0. The van der Waals surface area contributed by atoms with Crippen LogP contribution in [-0.2, 0) is 14.3 Å². The van der Waals surface area contributed by atoms with E-state index in [0.717, 1.165) is 6.42 Å². The zero-order valence-electron chi connectivity index (χ0n) is 10.1. The van der Waals surface area contributed by atoms with Gasteiger partial charge in [-0.2, -0.15) is 0 Å². The molecule has 3 aliphatic rings. The second-order valence-corrected chi connectivity index (χ2v) is 5.26. The van der Waals surface area contributed by atoms with E-state index in [0.29, 0.717) is 26.3 Å². The van der Waals surface area contributed by atoms with Crippen LogP contribution in [-0.4, -0.2) is 43.1 Å². The first kappa shape index (κ1) is 11.7. The van der Waals surface area contributed by atoms with Crippen molar-refractivity contribution in [2.24, 2.45) is 23.7 Å². The van der Waals surface area contributed by atoms with Crippen LogP contribution in [0.3, 0.4) is 0 Å². The largest absolute Gasteiger partial charge is 0.550 e. The lowest BCUT2D eigenvalue weighted by Crippen LogP contribution is -2.49. The number of carboxylic acid groups (broad SMARTS) is 1. The summed E-state index contributed by atoms with van der Waals surface area (Å²) in [5.41, 5.74) is 0. The van der Waals surface area contributed by atoms with E-state index in [1.54, 1.807) is 4.90 Å². The van der Waals surface area contributed by atoms with Gasteiger partial charge in [0.1, 0.15) is 0 Å². The molecule has 2 fully saturated rings. The Morgan fingerprint density at radius 1 is 1.11 bits per heavy atom. The fraction of sp³-hybridized carbons (Fsp3) is 0.692. The molecule has 1 saturated carbocycles. The summed E-state index contributed by atoms with van der Waals surface area (Å²) in [6.07, 6.45) is 4.70. The van der Waals surface area contributed by atoms with Crippen LogP contribution in [0.15, 0.2) is 12.2 Å². The van der Waals surface area contributed by atoms with E-state index in [2.05, 4.69) is 0 Å². The van der Waals surface area contributed by atoms with Gasteiger partial charge in [-0.25, -0.2) is 0 Å². The SMILES string of the molecule is O=C([O-])[C@@H]1[C@H](C(=O)N2CCOCC2)[C@@H]2C=C[C@@H]1C2. The molecule has 3 rings (SSSR count). The third-order valence-electron chi connectivity index (χ3n) is 4.34. The number of morpholine rings is 1. The predicted molar refractivity (Wildman–Crippen MR) is 60.1 cm³/mol. The molecule has 1 heterocycles. The third-order valence-corrected chi connectivity index (χ3v) is 4.34. The normalized spacial score (nSPS) is 38.1. The maximum absolute atomic E-state index is 12.5. The molecule has 0 radical (unpaired) electrons. The minimum atomic E-state index is -1.08. The van der Waals surface area contributed by atoms with Gasteiger partial charge in [-0.1, -0.05) is 12.2 Å². The number of carbonyl (C=O) groups excluding carboxylic acids is 2. The minimum Gasteiger partial charge on any atom is -0.550 e. The van der Waals surface area contributed by atoms with Crippen molar-refractivity contribution in [1.82, 2.24) is 4.90 Å². The number of nitrogens with zero attached hydrogens (tertiary/aromatic N) is 1. The van der Waals surface area contributed by atoms with Crippen molar-refractivity contribution in [2.45, 2.75) is 6.42 Å². The lowest BCUT2D eigenvalue weighted by atomic mass is 9.82. The molecule has 5 heteroatoms. The van der Waals surface area contributed by atoms with Crippen molar-refractivity contribution < 1.29 is 19.4 Å². The van der Waals surface area contributed by atoms with Gasteiger partial charge in [-0.15, -0.1) is 0 Å². The van der Waals surface area contributed by atoms with Crippen LogP contribution in [0.25, 0.3) is 0 Å². The molecule has 18 heavy (non-hydrogen) atoms. The highest BCUT2D eigenvalue weighted by Crippen LogP contribution is 2.48. The summed E-state index contributed by atoms with van der Waals surface area (Å²) in [6.45, 7) is 2.21. The first-order valence-electron chi connectivity index (χ1n) is 6.44. The molecule has 1 amide bonds. The number of amides is 1. The molecule has 0 aromatic heterocycles. The second kappa shape index (κ2) is 4.39. The Kier molecular flexibility index (Phi) is 2.86. The molecule has 0 spiro atoms. The Labute approximate surface area is 105 Å². The van der Waals surface area contributed by atoms with Crippen LogP contribution >= 0.6 is 0 Å². The van der Waals surface area contributed by atoms with Crippen LogP contribution in [0.5, 0.6) is 0 Å². The molecule has 1 saturated heterocycles. The number of hydrogen-bond donors (Lipinski definition) is 0. The maximum Gasteiger partial charge on any atom is 0.227 e. The minimum absolute atomic E-state index is 0.0185. The summed E-state index contributed by atoms with van der Waals surface area (Å²) in [4.78, 5) is 25.4. The van der Waals surface area contributed by atoms with E-state index in [4.69, 9.17) is 4.74 Å². The van der Waals surface area contributed by atoms with Crippen LogP contribution in [0.1, 0.15) is 6.42 Å². The van der Waals surface area contributed by atoms with Gasteiger partial charge in [0.2, 0.25) is 5.91 Å². The zero-order valence-corrected chi connectivity index (χ0v) is 10.1. The number of aliphatic carboxylic acids is 1. The fourth-order valence-corrected chi connectivity index (χ4v) is 3.47. The van der Waals surface area contributed by atoms with E-state index >= 15 is 0 Å². The molecule has 2 aliphatic carbocycles. The molecule has 2 bridgehead atoms. The number of hydrogen-bond acceptors (Lipinski definition) is 4. The number of carboxylic acids is 1. The molecule has 0 aromatic rings. The summed E-state index contributed by atoms with van der Waals surface area (Å²) >= 11 is 0. The quantitative estimate of drug-likeness (QED) is 0.591. The van der Waals surface area contributed by atoms with Gasteiger partial charge in [0.25, 0.3) is 0 Å². The third kappa shape index (κ3) is 1.73. The number of carbonyl (C=O) groups is 2. The highest BCUT2D eigenvalue weighted by molar-refractivity contribution is 5.86. The molecule has 5 nitrogen and oxygen atoms in total. The van der Waals surface area contributed by atoms with Crippen LogP contribution in [0.2, 0.25) is 0 Å². The summed E-state index contributed by atoms with van der Waals surface area (Å²) in [7, 11) is 0. The second-order valence-electron chi connectivity index (χ2n) is 5.26. The lowest BCUT2D eigenvalue weighted by molar-refractivity contribution is -0.313. The molecule has 0 N–H and O–H groups in total. The molecule has 4 atom stereocenters. The summed E-state index contributed by atoms with van der Waals surface area (Å²) in [5, 5.41) is 11.2. The van der Waals surface area contributed by atoms with E-state index in [9.17, 15) is 14.7 Å². The first-order valence-corrected chi connectivity index (χ1v) is 6.44. The van der Waals surface area contributed by atoms with Crippen LogP contribution in [0, 0.1) is 23.7 Å². The van der Waals surface area contributed by atoms with E-state index in [1.165, 1.54) is 0 Å². The molecule has 98 valence electrons. The molecule has 1 aliphatic heterocycles. The highest BCUT2D eigenvalue weighted by atomic mass is 16.5. The standard InChI is InChI=1S/C13H17NO4/c15-12(14-3-5-18-6-4-14)10-8-1-2-9(7-8)11(10)13(16)17/h1-2,8-11H,3-7H2,(H,16,17)/p-1/t8-,9-,10-,11+/m1/s1. The Morgan fingerprint density at radius 3 is 2.33 bits per heavy atom. The molecule has 0 aromatic carbocycles. The number of fused-ring (bicyclic) bond motifs is 2. The van der Waals surface area contributed by atoms with Gasteiger partial charge in [-0.05, 0) is 18.3 Å². The first-order chi connectivity index (χ1) is 8.68. The average molecular weight is 250 g/mol. The summed E-state index contributed by atoms with van der Waals surface area (Å²) in [5.74, 6) is -2.13. The number of allylic oxidation sites excluding steroid dienone is 2. The van der Waals surface area contributed by atoms with Gasteiger partial charge in [-0.3, -0.25) is 4.79 Å². The molecular weight excluding hydrogens is 234 g/mol. The monoisotopic (exact) mass is 250 g/mol. The maximum atomic E-state index is 12.5. The van der Waals surface area contributed by atoms with Gasteiger partial charge in [0, 0.05) is 25.0 Å². The van der Waals surface area contributed by atoms with Gasteiger partial charge >= 0.3 is 0 Å². The Hall–Kier alpha value is -1.36. The lowest BCUT2D eigenvalue weighted by Gasteiger charge is -2.34. The number of rotatable bonds is 2. The van der Waals surface area contributed by atoms with Crippen molar-refractivity contribution in [2.75, 3.05) is 26.3 Å². The van der Waals surface area contributed by atoms with Gasteiger partial charge in [0.05, 0.1) is 19.1 Å². The predicted octanol–water partition coefficient (Wildman–Crippen LogP) is -0.967. The Morgan fingerprint density at radius 2 is 1.72 bits per heavy atom. The van der Waals surface area contributed by atoms with E-state index in [-0.39, 0.29) is 17.7 Å². The van der Waals surface area contributed by atoms with Crippen molar-refractivity contribution >= 4 is 11.9 Å². The van der Waals surface area contributed by atoms with E-state index < -0.39 is 17.8 Å². The van der Waals surface area contributed by atoms with Crippen molar-refractivity contribution in [3.63, 3.8) is 0 Å².